The molecule has 1 heterocycles. The van der Waals surface area contributed by atoms with Crippen molar-refractivity contribution in [2.45, 2.75) is 19.8 Å². The quantitative estimate of drug-likeness (QED) is 0.916. The second-order valence-corrected chi connectivity index (χ2v) is 6.63. The number of hydrogen-bond acceptors (Lipinski definition) is 3. The number of aryl methyl sites for hydroxylation is 1. The molecule has 1 aliphatic heterocycles. The molecule has 0 aliphatic carbocycles. The molecule has 3 rings (SSSR count). The van der Waals surface area contributed by atoms with E-state index in [4.69, 9.17) is 4.74 Å². The van der Waals surface area contributed by atoms with E-state index in [1.54, 1.807) is 24.1 Å². The van der Waals surface area contributed by atoms with Crippen LogP contribution in [0.5, 0.6) is 5.75 Å². The molecule has 1 saturated heterocycles. The van der Waals surface area contributed by atoms with Crippen LogP contribution in [-0.2, 0) is 4.79 Å². The number of nitrogens with zero attached hydrogens (tertiary/aromatic N) is 1. The largest absolute Gasteiger partial charge is 0.496 e. The van der Waals surface area contributed by atoms with Gasteiger partial charge in [0, 0.05) is 24.7 Å². The Balaban J connectivity index is 1.58. The van der Waals surface area contributed by atoms with Crippen molar-refractivity contribution in [3.05, 3.63) is 59.7 Å². The third kappa shape index (κ3) is 4.04. The molecule has 2 aromatic carbocycles. The lowest BCUT2D eigenvalue weighted by molar-refractivity contribution is -0.121. The predicted molar refractivity (Wildman–Crippen MR) is 101 cm³/mol. The summed E-state index contributed by atoms with van der Waals surface area (Å²) in [6.07, 6.45) is 1.33. The van der Waals surface area contributed by atoms with E-state index in [0.717, 1.165) is 11.3 Å². The molecule has 5 heteroatoms. The van der Waals surface area contributed by atoms with E-state index in [2.05, 4.69) is 5.32 Å². The third-order valence-electron chi connectivity index (χ3n) is 4.78. The van der Waals surface area contributed by atoms with E-state index in [1.165, 1.54) is 0 Å². The van der Waals surface area contributed by atoms with E-state index in [9.17, 15) is 9.59 Å². The minimum absolute atomic E-state index is 0.0278. The van der Waals surface area contributed by atoms with Crippen molar-refractivity contribution in [1.82, 2.24) is 4.90 Å². The highest BCUT2D eigenvalue weighted by Gasteiger charge is 2.28. The van der Waals surface area contributed by atoms with Gasteiger partial charge in [-0.1, -0.05) is 24.3 Å². The Hall–Kier alpha value is -2.82. The number of likely N-dealkylation sites (tertiary alicyclic amines) is 1. The fraction of sp³-hybridized carbons (Fsp3) is 0.333. The molecular formula is C21H24N2O3. The van der Waals surface area contributed by atoms with Crippen LogP contribution in [0.2, 0.25) is 0 Å². The Morgan fingerprint density at radius 1 is 1.08 bits per heavy atom. The Kier molecular flexibility index (Phi) is 5.56. The lowest BCUT2D eigenvalue weighted by atomic mass is 9.95. The van der Waals surface area contributed by atoms with E-state index < -0.39 is 0 Å². The average molecular weight is 352 g/mol. The zero-order valence-corrected chi connectivity index (χ0v) is 15.2. The van der Waals surface area contributed by atoms with Crippen LogP contribution in [0, 0.1) is 12.8 Å². The van der Waals surface area contributed by atoms with Crippen molar-refractivity contribution in [1.29, 1.82) is 0 Å². The van der Waals surface area contributed by atoms with Gasteiger partial charge in [-0.2, -0.15) is 0 Å². The molecule has 0 aromatic heterocycles. The van der Waals surface area contributed by atoms with Crippen molar-refractivity contribution >= 4 is 17.5 Å². The van der Waals surface area contributed by atoms with Crippen LogP contribution < -0.4 is 10.1 Å². The number of piperidine rings is 1. The first-order valence-corrected chi connectivity index (χ1v) is 8.88. The zero-order valence-electron chi connectivity index (χ0n) is 15.2. The van der Waals surface area contributed by atoms with Gasteiger partial charge in [-0.25, -0.2) is 0 Å². The number of anilines is 1. The van der Waals surface area contributed by atoms with Crippen molar-refractivity contribution in [2.24, 2.45) is 5.92 Å². The molecule has 0 bridgehead atoms. The van der Waals surface area contributed by atoms with Gasteiger partial charge in [-0.15, -0.1) is 0 Å². The third-order valence-corrected chi connectivity index (χ3v) is 4.78. The van der Waals surface area contributed by atoms with Crippen LogP contribution >= 0.6 is 0 Å². The Labute approximate surface area is 154 Å². The van der Waals surface area contributed by atoms with Gasteiger partial charge in [0.05, 0.1) is 12.7 Å². The first-order valence-electron chi connectivity index (χ1n) is 8.88. The number of methoxy groups -OCH3 is 1. The van der Waals surface area contributed by atoms with Gasteiger partial charge in [0.25, 0.3) is 5.91 Å². The molecule has 1 fully saturated rings. The van der Waals surface area contributed by atoms with Gasteiger partial charge in [0.2, 0.25) is 5.91 Å². The van der Waals surface area contributed by atoms with Gasteiger partial charge in [-0.3, -0.25) is 9.59 Å². The monoisotopic (exact) mass is 352 g/mol. The van der Waals surface area contributed by atoms with Crippen LogP contribution in [0.25, 0.3) is 0 Å². The number of benzene rings is 2. The fourth-order valence-corrected chi connectivity index (χ4v) is 3.30. The van der Waals surface area contributed by atoms with Crippen molar-refractivity contribution in [3.63, 3.8) is 0 Å². The SMILES string of the molecule is COc1ccccc1C(=O)N1CCC(C(=O)Nc2cccc(C)c2)CC1. The number of para-hydroxylation sites is 1. The summed E-state index contributed by atoms with van der Waals surface area (Å²) in [5, 5.41) is 2.98. The summed E-state index contributed by atoms with van der Waals surface area (Å²) >= 11 is 0. The molecule has 0 spiro atoms. The van der Waals surface area contributed by atoms with E-state index >= 15 is 0 Å². The van der Waals surface area contributed by atoms with Crippen LogP contribution in [0.15, 0.2) is 48.5 Å². The molecule has 136 valence electrons. The van der Waals surface area contributed by atoms with E-state index in [0.29, 0.717) is 37.2 Å². The predicted octanol–water partition coefficient (Wildman–Crippen LogP) is 3.49. The van der Waals surface area contributed by atoms with Crippen LogP contribution in [0.1, 0.15) is 28.8 Å². The molecular weight excluding hydrogens is 328 g/mol. The maximum Gasteiger partial charge on any atom is 0.257 e. The fourth-order valence-electron chi connectivity index (χ4n) is 3.30. The summed E-state index contributed by atoms with van der Waals surface area (Å²) in [5.74, 6) is 0.494. The number of amides is 2. The zero-order chi connectivity index (χ0) is 18.5. The first kappa shape index (κ1) is 18.0. The number of nitrogens with one attached hydrogen (secondary N) is 1. The lowest BCUT2D eigenvalue weighted by Gasteiger charge is -2.31. The maximum absolute atomic E-state index is 12.7. The second-order valence-electron chi connectivity index (χ2n) is 6.63. The molecule has 2 amide bonds. The topological polar surface area (TPSA) is 58.6 Å². The summed E-state index contributed by atoms with van der Waals surface area (Å²) in [5.41, 5.74) is 2.50. The van der Waals surface area contributed by atoms with Crippen molar-refractivity contribution in [2.75, 3.05) is 25.5 Å². The van der Waals surface area contributed by atoms with Gasteiger partial charge in [0.15, 0.2) is 0 Å². The normalized spacial score (nSPS) is 14.8. The molecule has 2 aromatic rings. The Morgan fingerprint density at radius 3 is 2.50 bits per heavy atom. The minimum Gasteiger partial charge on any atom is -0.496 e. The van der Waals surface area contributed by atoms with Gasteiger partial charge >= 0.3 is 0 Å². The summed E-state index contributed by atoms with van der Waals surface area (Å²) in [7, 11) is 1.56. The molecule has 26 heavy (non-hydrogen) atoms. The molecule has 1 N–H and O–H groups in total. The molecule has 0 atom stereocenters. The van der Waals surface area contributed by atoms with Gasteiger partial charge in [-0.05, 0) is 49.6 Å². The number of rotatable bonds is 4. The summed E-state index contributed by atoms with van der Waals surface area (Å²) in [6, 6.07) is 15.0. The number of carbonyl (C=O) groups is 2. The number of ether oxygens (including phenoxy) is 1. The Morgan fingerprint density at radius 2 is 1.81 bits per heavy atom. The highest BCUT2D eigenvalue weighted by atomic mass is 16.5. The van der Waals surface area contributed by atoms with Gasteiger partial charge < -0.3 is 15.0 Å². The van der Waals surface area contributed by atoms with Crippen molar-refractivity contribution in [3.8, 4) is 5.75 Å². The van der Waals surface area contributed by atoms with Crippen LogP contribution in [0.3, 0.4) is 0 Å². The maximum atomic E-state index is 12.7. The van der Waals surface area contributed by atoms with Crippen molar-refractivity contribution < 1.29 is 14.3 Å². The van der Waals surface area contributed by atoms with Crippen LogP contribution in [-0.4, -0.2) is 36.9 Å². The van der Waals surface area contributed by atoms with Gasteiger partial charge in [0.1, 0.15) is 5.75 Å². The molecule has 0 unspecified atom stereocenters. The first-order chi connectivity index (χ1) is 12.6. The smallest absolute Gasteiger partial charge is 0.257 e. The summed E-state index contributed by atoms with van der Waals surface area (Å²) in [4.78, 5) is 27.0. The van der Waals surface area contributed by atoms with E-state index in [1.807, 2.05) is 43.3 Å². The van der Waals surface area contributed by atoms with Crippen LogP contribution in [0.4, 0.5) is 5.69 Å². The lowest BCUT2D eigenvalue weighted by Crippen LogP contribution is -2.41. The molecule has 0 radical (unpaired) electrons. The molecule has 5 nitrogen and oxygen atoms in total. The average Bonchev–Trinajstić information content (AvgIpc) is 2.67. The standard InChI is InChI=1S/C21H24N2O3/c1-15-6-5-7-17(14-15)22-20(24)16-10-12-23(13-11-16)21(25)18-8-3-4-9-19(18)26-2/h3-9,14,16H,10-13H2,1-2H3,(H,22,24). The Bertz CT molecular complexity index is 795. The number of carbonyl (C=O) groups excluding carboxylic acids is 2. The highest BCUT2D eigenvalue weighted by Crippen LogP contribution is 2.24. The second kappa shape index (κ2) is 8.04. The summed E-state index contributed by atoms with van der Waals surface area (Å²) < 4.78 is 5.28. The summed E-state index contributed by atoms with van der Waals surface area (Å²) in [6.45, 7) is 3.14. The number of hydrogen-bond donors (Lipinski definition) is 1. The van der Waals surface area contributed by atoms with E-state index in [-0.39, 0.29) is 17.7 Å². The molecule has 0 saturated carbocycles. The highest BCUT2D eigenvalue weighted by molar-refractivity contribution is 5.97. The molecule has 1 aliphatic rings. The minimum atomic E-state index is -0.0720.